The standard InChI is InChI=1S/C30H29N3O3/c1-32-17-16-27-25(20-32)29(24-14-8-9-15-26(24)31-27)30(35)36-21-28(34)33(18-22-10-4-2-5-11-22)19-23-12-6-3-7-13-23/h2-15H,16-21H2,1H3. The fraction of sp³-hybridized carbons (Fsp3) is 0.233. The molecular weight excluding hydrogens is 450 g/mol. The topological polar surface area (TPSA) is 62.7 Å². The lowest BCUT2D eigenvalue weighted by Crippen LogP contribution is -2.34. The van der Waals surface area contributed by atoms with E-state index < -0.39 is 5.97 Å². The number of fused-ring (bicyclic) bond motifs is 2. The number of esters is 1. The summed E-state index contributed by atoms with van der Waals surface area (Å²) in [5.74, 6) is -0.715. The second kappa shape index (κ2) is 10.7. The van der Waals surface area contributed by atoms with Gasteiger partial charge in [-0.25, -0.2) is 4.79 Å². The van der Waals surface area contributed by atoms with Crippen molar-refractivity contribution in [2.45, 2.75) is 26.1 Å². The van der Waals surface area contributed by atoms with Crippen molar-refractivity contribution in [2.24, 2.45) is 0 Å². The van der Waals surface area contributed by atoms with Gasteiger partial charge in [0, 0.05) is 49.2 Å². The quantitative estimate of drug-likeness (QED) is 0.362. The first-order valence-electron chi connectivity index (χ1n) is 12.2. The van der Waals surface area contributed by atoms with Crippen molar-refractivity contribution < 1.29 is 14.3 Å². The van der Waals surface area contributed by atoms with Crippen LogP contribution in [0.25, 0.3) is 10.9 Å². The highest BCUT2D eigenvalue weighted by molar-refractivity contribution is 6.05. The van der Waals surface area contributed by atoms with E-state index in [0.717, 1.165) is 46.3 Å². The Balaban J connectivity index is 1.38. The zero-order chi connectivity index (χ0) is 24.9. The van der Waals surface area contributed by atoms with Gasteiger partial charge in [0.05, 0.1) is 11.1 Å². The molecule has 1 amide bonds. The number of rotatable bonds is 7. The van der Waals surface area contributed by atoms with Crippen LogP contribution in [0.2, 0.25) is 0 Å². The molecule has 1 aliphatic rings. The molecule has 3 aromatic carbocycles. The molecule has 0 bridgehead atoms. The van der Waals surface area contributed by atoms with Crippen LogP contribution < -0.4 is 0 Å². The Morgan fingerprint density at radius 1 is 0.889 bits per heavy atom. The molecule has 0 spiro atoms. The van der Waals surface area contributed by atoms with Crippen molar-refractivity contribution in [2.75, 3.05) is 20.2 Å². The van der Waals surface area contributed by atoms with Gasteiger partial charge in [-0.05, 0) is 24.2 Å². The summed E-state index contributed by atoms with van der Waals surface area (Å²) >= 11 is 0. The molecule has 1 aliphatic heterocycles. The number of pyridine rings is 1. The minimum absolute atomic E-state index is 0.236. The summed E-state index contributed by atoms with van der Waals surface area (Å²) in [6.45, 7) is 2.06. The highest BCUT2D eigenvalue weighted by Crippen LogP contribution is 2.28. The predicted octanol–water partition coefficient (Wildman–Crippen LogP) is 4.61. The first kappa shape index (κ1) is 23.7. The van der Waals surface area contributed by atoms with E-state index in [1.165, 1.54) is 0 Å². The second-order valence-corrected chi connectivity index (χ2v) is 9.21. The molecule has 0 N–H and O–H groups in total. The Hall–Kier alpha value is -4.03. The second-order valence-electron chi connectivity index (χ2n) is 9.21. The van der Waals surface area contributed by atoms with Crippen LogP contribution in [0.3, 0.4) is 0 Å². The largest absolute Gasteiger partial charge is 0.452 e. The third-order valence-electron chi connectivity index (χ3n) is 6.55. The number of amides is 1. The first-order valence-corrected chi connectivity index (χ1v) is 12.2. The highest BCUT2D eigenvalue weighted by Gasteiger charge is 2.26. The Kier molecular flexibility index (Phi) is 7.05. The first-order chi connectivity index (χ1) is 17.6. The number of likely N-dealkylation sites (N-methyl/N-ethyl adjacent to an activating group) is 1. The molecule has 5 rings (SSSR count). The maximum Gasteiger partial charge on any atom is 0.339 e. The zero-order valence-corrected chi connectivity index (χ0v) is 20.4. The van der Waals surface area contributed by atoms with Gasteiger partial charge < -0.3 is 14.5 Å². The van der Waals surface area contributed by atoms with Gasteiger partial charge in [0.15, 0.2) is 6.61 Å². The fourth-order valence-corrected chi connectivity index (χ4v) is 4.69. The lowest BCUT2D eigenvalue weighted by atomic mass is 9.96. The van der Waals surface area contributed by atoms with Gasteiger partial charge in [-0.15, -0.1) is 0 Å². The van der Waals surface area contributed by atoms with E-state index in [2.05, 4.69) is 4.90 Å². The molecule has 0 saturated carbocycles. The lowest BCUT2D eigenvalue weighted by Gasteiger charge is -2.27. The van der Waals surface area contributed by atoms with E-state index in [1.807, 2.05) is 92.0 Å². The Morgan fingerprint density at radius 2 is 1.50 bits per heavy atom. The number of carbonyl (C=O) groups excluding carboxylic acids is 2. The van der Waals surface area contributed by atoms with Gasteiger partial charge >= 0.3 is 5.97 Å². The van der Waals surface area contributed by atoms with Crippen LogP contribution in [0.1, 0.15) is 32.7 Å². The van der Waals surface area contributed by atoms with E-state index in [1.54, 1.807) is 4.90 Å². The van der Waals surface area contributed by atoms with Crippen LogP contribution >= 0.6 is 0 Å². The predicted molar refractivity (Wildman–Crippen MR) is 139 cm³/mol. The monoisotopic (exact) mass is 479 g/mol. The Labute approximate surface area is 211 Å². The molecule has 1 aromatic heterocycles. The van der Waals surface area contributed by atoms with Crippen molar-refractivity contribution >= 4 is 22.8 Å². The molecule has 2 heterocycles. The van der Waals surface area contributed by atoms with Crippen molar-refractivity contribution in [3.63, 3.8) is 0 Å². The third kappa shape index (κ3) is 5.29. The highest BCUT2D eigenvalue weighted by atomic mass is 16.5. The Morgan fingerprint density at radius 3 is 2.17 bits per heavy atom. The minimum atomic E-state index is -0.479. The molecule has 36 heavy (non-hydrogen) atoms. The maximum atomic E-state index is 13.4. The van der Waals surface area contributed by atoms with Gasteiger partial charge in [0.2, 0.25) is 0 Å². The summed E-state index contributed by atoms with van der Waals surface area (Å²) in [7, 11) is 2.03. The molecule has 0 atom stereocenters. The average Bonchev–Trinajstić information content (AvgIpc) is 2.91. The van der Waals surface area contributed by atoms with Crippen molar-refractivity contribution in [3.05, 3.63) is 113 Å². The smallest absolute Gasteiger partial charge is 0.339 e. The van der Waals surface area contributed by atoms with Crippen LogP contribution in [0, 0.1) is 0 Å². The average molecular weight is 480 g/mol. The van der Waals surface area contributed by atoms with Crippen LogP contribution in [0.15, 0.2) is 84.9 Å². The van der Waals surface area contributed by atoms with Crippen LogP contribution in [0.5, 0.6) is 0 Å². The fourth-order valence-electron chi connectivity index (χ4n) is 4.69. The molecule has 182 valence electrons. The van der Waals surface area contributed by atoms with Crippen LogP contribution in [0.4, 0.5) is 0 Å². The summed E-state index contributed by atoms with van der Waals surface area (Å²) in [6, 6.07) is 27.3. The summed E-state index contributed by atoms with van der Waals surface area (Å²) in [5, 5.41) is 0.759. The summed E-state index contributed by atoms with van der Waals surface area (Å²) in [5.41, 5.74) is 5.15. The van der Waals surface area contributed by atoms with Gasteiger partial charge in [0.25, 0.3) is 5.91 Å². The molecule has 0 aliphatic carbocycles. The lowest BCUT2D eigenvalue weighted by molar-refractivity contribution is -0.135. The van der Waals surface area contributed by atoms with Gasteiger partial charge in [-0.3, -0.25) is 9.78 Å². The number of hydrogen-bond acceptors (Lipinski definition) is 5. The van der Waals surface area contributed by atoms with E-state index in [-0.39, 0.29) is 12.5 Å². The van der Waals surface area contributed by atoms with Gasteiger partial charge in [-0.2, -0.15) is 0 Å². The Bertz CT molecular complexity index is 1330. The van der Waals surface area contributed by atoms with E-state index in [0.29, 0.717) is 25.2 Å². The van der Waals surface area contributed by atoms with Gasteiger partial charge in [-0.1, -0.05) is 78.9 Å². The molecule has 0 saturated heterocycles. The summed E-state index contributed by atoms with van der Waals surface area (Å²) in [6.07, 6.45) is 0.776. The third-order valence-corrected chi connectivity index (χ3v) is 6.55. The minimum Gasteiger partial charge on any atom is -0.452 e. The molecule has 4 aromatic rings. The molecular formula is C30H29N3O3. The van der Waals surface area contributed by atoms with Gasteiger partial charge in [0.1, 0.15) is 0 Å². The summed E-state index contributed by atoms with van der Waals surface area (Å²) < 4.78 is 5.68. The molecule has 0 unspecified atom stereocenters. The van der Waals surface area contributed by atoms with Crippen LogP contribution in [-0.2, 0) is 35.6 Å². The molecule has 6 nitrogen and oxygen atoms in total. The molecule has 0 radical (unpaired) electrons. The van der Waals surface area contributed by atoms with Crippen molar-refractivity contribution in [1.82, 2.24) is 14.8 Å². The molecule has 6 heteroatoms. The normalized spacial score (nSPS) is 13.2. The molecule has 0 fully saturated rings. The number of nitrogens with zero attached hydrogens (tertiary/aromatic N) is 3. The van der Waals surface area contributed by atoms with Crippen molar-refractivity contribution in [1.29, 1.82) is 0 Å². The summed E-state index contributed by atoms with van der Waals surface area (Å²) in [4.78, 5) is 35.5. The zero-order valence-electron chi connectivity index (χ0n) is 20.4. The SMILES string of the molecule is CN1CCc2nc3ccccc3c(C(=O)OCC(=O)N(Cc3ccccc3)Cc3ccccc3)c2C1. The van der Waals surface area contributed by atoms with Crippen molar-refractivity contribution in [3.8, 4) is 0 Å². The van der Waals surface area contributed by atoms with E-state index in [4.69, 9.17) is 9.72 Å². The number of hydrogen-bond donors (Lipinski definition) is 0. The maximum absolute atomic E-state index is 13.4. The number of aromatic nitrogens is 1. The number of para-hydroxylation sites is 1. The van der Waals surface area contributed by atoms with Crippen LogP contribution in [-0.4, -0.2) is 46.9 Å². The van der Waals surface area contributed by atoms with E-state index in [9.17, 15) is 9.59 Å². The number of benzene rings is 3. The number of ether oxygens (including phenoxy) is 1. The number of carbonyl (C=O) groups is 2. The van der Waals surface area contributed by atoms with E-state index >= 15 is 0 Å².